The second-order valence-electron chi connectivity index (χ2n) is 10.7. The molecule has 1 aliphatic heterocycles. The Morgan fingerprint density at radius 3 is 1.83 bits per heavy atom. The number of unbranched alkanes of at least 4 members (excludes halogenated alkanes) is 4. The van der Waals surface area contributed by atoms with E-state index in [9.17, 15) is 57.1 Å². The van der Waals surface area contributed by atoms with Crippen molar-refractivity contribution in [1.29, 1.82) is 0 Å². The largest absolute Gasteiger partial charge is 0.460 e. The van der Waals surface area contributed by atoms with Crippen LogP contribution in [0.25, 0.3) is 11.1 Å². The summed E-state index contributed by atoms with van der Waals surface area (Å²) >= 11 is 0. The lowest BCUT2D eigenvalue weighted by molar-refractivity contribution is -0.441. The number of halogens is 13. The maximum absolute atomic E-state index is 14.3. The molecule has 3 rings (SSSR count). The fourth-order valence-electron chi connectivity index (χ4n) is 4.39. The molecular formula is C29H30F13NO3. The van der Waals surface area contributed by atoms with Crippen LogP contribution in [-0.2, 0) is 11.2 Å². The molecule has 0 saturated carbocycles. The molecule has 0 aliphatic carbocycles. The van der Waals surface area contributed by atoms with Crippen molar-refractivity contribution in [3.8, 4) is 22.6 Å². The number of hydrogen-bond donors (Lipinski definition) is 0. The molecular weight excluding hydrogens is 657 g/mol. The maximum atomic E-state index is 14.3. The van der Waals surface area contributed by atoms with Crippen LogP contribution in [0.2, 0.25) is 0 Å². The summed E-state index contributed by atoms with van der Waals surface area (Å²) in [7, 11) is 0. The van der Waals surface area contributed by atoms with Gasteiger partial charge in [0.1, 0.15) is 0 Å². The number of aryl methyl sites for hydroxylation is 1. The van der Waals surface area contributed by atoms with Crippen molar-refractivity contribution in [3.05, 3.63) is 42.2 Å². The van der Waals surface area contributed by atoms with Gasteiger partial charge in [0.2, 0.25) is 6.29 Å². The van der Waals surface area contributed by atoms with Gasteiger partial charge in [-0.3, -0.25) is 4.98 Å². The molecule has 1 aromatic carbocycles. The number of nitrogens with zero attached hydrogens (tertiary/aromatic N) is 1. The van der Waals surface area contributed by atoms with Crippen LogP contribution < -0.4 is 9.47 Å². The molecule has 1 unspecified atom stereocenters. The number of benzene rings is 1. The molecule has 1 aromatic heterocycles. The van der Waals surface area contributed by atoms with Gasteiger partial charge in [-0.1, -0.05) is 38.3 Å². The number of hydrogen-bond acceptors (Lipinski definition) is 4. The summed E-state index contributed by atoms with van der Waals surface area (Å²) in [6, 6.07) is 7.07. The zero-order chi connectivity index (χ0) is 34.6. The topological polar surface area (TPSA) is 40.6 Å². The van der Waals surface area contributed by atoms with Gasteiger partial charge in [-0.15, -0.1) is 0 Å². The van der Waals surface area contributed by atoms with Crippen molar-refractivity contribution < 1.29 is 71.3 Å². The van der Waals surface area contributed by atoms with Crippen LogP contribution >= 0.6 is 0 Å². The lowest BCUT2D eigenvalue weighted by Crippen LogP contribution is -2.70. The van der Waals surface area contributed by atoms with E-state index in [1.54, 1.807) is 12.1 Å². The summed E-state index contributed by atoms with van der Waals surface area (Å²) < 4.78 is 190. The van der Waals surface area contributed by atoms with Crippen molar-refractivity contribution >= 4 is 0 Å². The molecule has 2 aromatic rings. The number of pyridine rings is 1. The first-order valence-electron chi connectivity index (χ1n) is 14.2. The second-order valence-corrected chi connectivity index (χ2v) is 10.7. The van der Waals surface area contributed by atoms with Gasteiger partial charge < -0.3 is 14.2 Å². The van der Waals surface area contributed by atoms with E-state index in [1.807, 2.05) is 0 Å². The van der Waals surface area contributed by atoms with Crippen LogP contribution in [0.3, 0.4) is 0 Å². The van der Waals surface area contributed by atoms with Crippen molar-refractivity contribution in [2.45, 2.75) is 100 Å². The average molecular weight is 688 g/mol. The summed E-state index contributed by atoms with van der Waals surface area (Å²) in [6.07, 6.45) is -4.41. The normalized spacial score (nSPS) is 16.3. The van der Waals surface area contributed by atoms with Gasteiger partial charge >= 0.3 is 35.8 Å². The molecule has 17 heteroatoms. The lowest BCUT2D eigenvalue weighted by atomic mass is 9.92. The number of ether oxygens (including phenoxy) is 3. The third kappa shape index (κ3) is 7.59. The Kier molecular flexibility index (Phi) is 11.4. The number of rotatable bonds is 17. The summed E-state index contributed by atoms with van der Waals surface area (Å²) in [5.41, 5.74) is 1.60. The Morgan fingerprint density at radius 1 is 0.652 bits per heavy atom. The predicted molar refractivity (Wildman–Crippen MR) is 138 cm³/mol. The van der Waals surface area contributed by atoms with Crippen molar-refractivity contribution in [2.24, 2.45) is 0 Å². The average Bonchev–Trinajstić information content (AvgIpc) is 3.36. The van der Waals surface area contributed by atoms with Gasteiger partial charge in [0, 0.05) is 30.7 Å². The van der Waals surface area contributed by atoms with Crippen LogP contribution in [0.4, 0.5) is 57.1 Å². The molecule has 4 nitrogen and oxygen atoms in total. The Hall–Kier alpha value is -2.98. The maximum Gasteiger partial charge on any atom is 0.460 e. The SMILES string of the molecule is CCCCCCOCCCCc1ccc(-c2ccc3c(c2)OC(CC(F)(F)C(F)(F)C(F)(F)C(F)(F)C(F)(F)C(F)(F)F)O3)cn1. The van der Waals surface area contributed by atoms with Gasteiger partial charge in [0.15, 0.2) is 11.5 Å². The Balaban J connectivity index is 1.61. The van der Waals surface area contributed by atoms with Crippen LogP contribution in [0.5, 0.6) is 11.5 Å². The number of alkyl halides is 13. The second kappa shape index (κ2) is 14.0. The van der Waals surface area contributed by atoms with Gasteiger partial charge in [-0.05, 0) is 49.4 Å². The first kappa shape index (κ1) is 37.5. The molecule has 2 heterocycles. The predicted octanol–water partition coefficient (Wildman–Crippen LogP) is 9.89. The highest BCUT2D eigenvalue weighted by atomic mass is 19.4. The van der Waals surface area contributed by atoms with E-state index in [4.69, 9.17) is 14.2 Å². The van der Waals surface area contributed by atoms with Crippen LogP contribution in [0.15, 0.2) is 36.5 Å². The molecule has 0 saturated heterocycles. The third-order valence-corrected chi connectivity index (χ3v) is 7.15. The molecule has 1 aliphatic rings. The number of fused-ring (bicyclic) bond motifs is 1. The van der Waals surface area contributed by atoms with Gasteiger partial charge in [0.25, 0.3) is 0 Å². The molecule has 0 bridgehead atoms. The fourth-order valence-corrected chi connectivity index (χ4v) is 4.39. The van der Waals surface area contributed by atoms with Crippen LogP contribution in [-0.4, -0.2) is 60.3 Å². The van der Waals surface area contributed by atoms with E-state index in [0.29, 0.717) is 30.8 Å². The Labute approximate surface area is 255 Å². The highest BCUT2D eigenvalue weighted by molar-refractivity contribution is 5.67. The van der Waals surface area contributed by atoms with Crippen molar-refractivity contribution in [3.63, 3.8) is 0 Å². The minimum absolute atomic E-state index is 0.356. The molecule has 46 heavy (non-hydrogen) atoms. The molecule has 0 N–H and O–H groups in total. The van der Waals surface area contributed by atoms with E-state index in [0.717, 1.165) is 43.9 Å². The first-order valence-corrected chi connectivity index (χ1v) is 14.2. The van der Waals surface area contributed by atoms with Crippen LogP contribution in [0, 0.1) is 0 Å². The van der Waals surface area contributed by atoms with Crippen LogP contribution in [0.1, 0.15) is 57.6 Å². The monoisotopic (exact) mass is 687 g/mol. The minimum atomic E-state index is -7.97. The summed E-state index contributed by atoms with van der Waals surface area (Å²) in [4.78, 5) is 4.33. The molecule has 0 radical (unpaired) electrons. The molecule has 1 atom stereocenters. The van der Waals surface area contributed by atoms with E-state index >= 15 is 0 Å². The van der Waals surface area contributed by atoms with Crippen molar-refractivity contribution in [1.82, 2.24) is 4.98 Å². The fraction of sp³-hybridized carbons (Fsp3) is 0.621. The van der Waals surface area contributed by atoms with Gasteiger partial charge in [0.05, 0.1) is 6.42 Å². The Morgan fingerprint density at radius 2 is 1.24 bits per heavy atom. The standard InChI is InChI=1S/C29H30F13NO3/c1-2-3-4-6-13-44-14-7-5-8-20-11-9-19(17-43-20)18-10-12-21-22(15-18)46-23(45-21)16-24(30,31)25(32,33)26(34,35)27(36,37)28(38,39)29(40,41)42/h9-12,15,17,23H,2-8,13-14,16H2,1H3. The summed E-state index contributed by atoms with van der Waals surface area (Å²) in [5, 5.41) is 0. The molecule has 260 valence electrons. The highest BCUT2D eigenvalue weighted by Crippen LogP contribution is 2.61. The van der Waals surface area contributed by atoms with Gasteiger partial charge in [-0.2, -0.15) is 57.1 Å². The third-order valence-electron chi connectivity index (χ3n) is 7.15. The lowest BCUT2D eigenvalue weighted by Gasteiger charge is -2.39. The smallest absolute Gasteiger partial charge is 0.451 e. The first-order chi connectivity index (χ1) is 21.2. The zero-order valence-electron chi connectivity index (χ0n) is 24.2. The minimum Gasteiger partial charge on any atom is -0.451 e. The van der Waals surface area contributed by atoms with E-state index < -0.39 is 48.5 Å². The van der Waals surface area contributed by atoms with E-state index in [-0.39, 0.29) is 11.5 Å². The Bertz CT molecular complexity index is 1280. The zero-order valence-corrected chi connectivity index (χ0v) is 24.2. The quantitative estimate of drug-likeness (QED) is 0.123. The van der Waals surface area contributed by atoms with Gasteiger partial charge in [-0.25, -0.2) is 0 Å². The van der Waals surface area contributed by atoms with E-state index in [1.165, 1.54) is 24.8 Å². The van der Waals surface area contributed by atoms with E-state index in [2.05, 4.69) is 11.9 Å². The molecule has 0 amide bonds. The molecule has 0 fully saturated rings. The number of aromatic nitrogens is 1. The summed E-state index contributed by atoms with van der Waals surface area (Å²) in [5.74, 6) is -38.1. The molecule has 0 spiro atoms. The van der Waals surface area contributed by atoms with Crippen molar-refractivity contribution in [2.75, 3.05) is 13.2 Å². The highest BCUT2D eigenvalue weighted by Gasteiger charge is 2.90. The summed E-state index contributed by atoms with van der Waals surface area (Å²) in [6.45, 7) is 3.45.